The maximum Gasteiger partial charge on any atom is 0.294 e. The Morgan fingerprint density at radius 2 is 1.83 bits per heavy atom. The number of nitrogens with two attached hydrogens (primary N) is 2. The molecule has 12 heavy (non-hydrogen) atoms. The Morgan fingerprint density at radius 3 is 1.92 bits per heavy atom. The van der Waals surface area contributed by atoms with Gasteiger partial charge in [0, 0.05) is 0 Å². The zero-order chi connectivity index (χ0) is 10.2. The van der Waals surface area contributed by atoms with E-state index in [1.165, 1.54) is 0 Å². The summed E-state index contributed by atoms with van der Waals surface area (Å²) in [4.78, 5) is 9.06. The summed E-state index contributed by atoms with van der Waals surface area (Å²) in [5, 5.41) is 8.86. The second kappa shape index (κ2) is 2.83. The third-order valence-corrected chi connectivity index (χ3v) is 2.05. The van der Waals surface area contributed by atoms with Crippen molar-refractivity contribution in [2.24, 2.45) is 11.5 Å². The van der Waals surface area contributed by atoms with E-state index in [1.54, 1.807) is 0 Å². The van der Waals surface area contributed by atoms with Gasteiger partial charge in [-0.3, -0.25) is 15.1 Å². The first-order valence-electron chi connectivity index (χ1n) is 2.58. The molecule has 7 nitrogen and oxygen atoms in total. The van der Waals surface area contributed by atoms with Crippen molar-refractivity contribution in [3.63, 3.8) is 0 Å². The Labute approximate surface area is 68.4 Å². The molecule has 8 heteroatoms. The highest BCUT2D eigenvalue weighted by molar-refractivity contribution is 7.89. The van der Waals surface area contributed by atoms with Crippen LogP contribution in [0.3, 0.4) is 0 Å². The Bertz CT molecular complexity index is 316. The molecule has 0 saturated heterocycles. The van der Waals surface area contributed by atoms with Gasteiger partial charge >= 0.3 is 0 Å². The van der Waals surface area contributed by atoms with E-state index >= 15 is 0 Å². The highest BCUT2D eigenvalue weighted by Crippen LogP contribution is 2.13. The fraction of sp³-hybridized carbons (Fsp3) is 0.250. The number of rotatable bonds is 3. The van der Waals surface area contributed by atoms with Gasteiger partial charge < -0.3 is 10.8 Å². The number of carbonyl (C=O) groups excluding carboxylic acids is 1. The number of amides is 1. The summed E-state index contributed by atoms with van der Waals surface area (Å²) in [5.41, 5.74) is 6.30. The maximum absolute atomic E-state index is 10.3. The smallest absolute Gasteiger partial charge is 0.294 e. The number of primary amides is 1. The van der Waals surface area contributed by atoms with Gasteiger partial charge in [-0.1, -0.05) is 6.58 Å². The largest absolute Gasteiger partial charge is 0.366 e. The molecule has 6 N–H and O–H groups in total. The first-order valence-corrected chi connectivity index (χ1v) is 4.02. The molecular formula is C4H8N2O5S. The summed E-state index contributed by atoms with van der Waals surface area (Å²) in [6, 6.07) is 0. The van der Waals surface area contributed by atoms with E-state index < -0.39 is 26.7 Å². The van der Waals surface area contributed by atoms with Gasteiger partial charge in [-0.15, -0.1) is 0 Å². The highest BCUT2D eigenvalue weighted by atomic mass is 32.2. The van der Waals surface area contributed by atoms with Gasteiger partial charge in [0.1, 0.15) is 4.91 Å². The summed E-state index contributed by atoms with van der Waals surface area (Å²) in [7, 11) is -4.78. The molecule has 0 bridgehead atoms. The SMILES string of the molecule is C=C([C@@](N)(O)C(N)=O)S(=O)(=O)O. The van der Waals surface area contributed by atoms with E-state index in [4.69, 9.17) is 15.4 Å². The van der Waals surface area contributed by atoms with E-state index in [2.05, 4.69) is 12.3 Å². The molecule has 0 unspecified atom stereocenters. The molecule has 0 saturated carbocycles. The van der Waals surface area contributed by atoms with Crippen molar-refractivity contribution >= 4 is 16.0 Å². The van der Waals surface area contributed by atoms with Gasteiger partial charge in [0.15, 0.2) is 0 Å². The lowest BCUT2D eigenvalue weighted by atomic mass is 10.2. The number of hydrogen-bond acceptors (Lipinski definition) is 5. The molecule has 0 aromatic carbocycles. The van der Waals surface area contributed by atoms with E-state index in [0.717, 1.165) is 0 Å². The molecule has 0 rings (SSSR count). The maximum atomic E-state index is 10.3. The summed E-state index contributed by atoms with van der Waals surface area (Å²) < 4.78 is 28.9. The third kappa shape index (κ3) is 2.01. The van der Waals surface area contributed by atoms with E-state index in [0.29, 0.717) is 0 Å². The zero-order valence-corrected chi connectivity index (χ0v) is 6.71. The lowest BCUT2D eigenvalue weighted by molar-refractivity contribution is -0.131. The molecule has 0 spiro atoms. The van der Waals surface area contributed by atoms with Crippen molar-refractivity contribution in [3.8, 4) is 0 Å². The molecule has 0 aromatic rings. The molecule has 0 aliphatic heterocycles. The first kappa shape index (κ1) is 11.0. The number of aliphatic hydroxyl groups is 1. The van der Waals surface area contributed by atoms with Crippen LogP contribution in [0.1, 0.15) is 0 Å². The lowest BCUT2D eigenvalue weighted by Crippen LogP contribution is -2.54. The second-order valence-corrected chi connectivity index (χ2v) is 3.47. The van der Waals surface area contributed by atoms with Crippen molar-refractivity contribution in [1.29, 1.82) is 0 Å². The fourth-order valence-electron chi connectivity index (χ4n) is 0.334. The third-order valence-electron chi connectivity index (χ3n) is 1.11. The molecule has 1 atom stereocenters. The molecule has 1 amide bonds. The van der Waals surface area contributed by atoms with Crippen LogP contribution in [-0.4, -0.2) is 29.7 Å². The topological polar surface area (TPSA) is 144 Å². The molecule has 0 aliphatic carbocycles. The predicted octanol–water partition coefficient (Wildman–Crippen LogP) is -2.48. The molecule has 0 aromatic heterocycles. The second-order valence-electron chi connectivity index (χ2n) is 2.03. The van der Waals surface area contributed by atoms with Crippen LogP contribution in [0.15, 0.2) is 11.5 Å². The van der Waals surface area contributed by atoms with Crippen LogP contribution in [0.4, 0.5) is 0 Å². The van der Waals surface area contributed by atoms with Gasteiger partial charge in [0.05, 0.1) is 0 Å². The van der Waals surface area contributed by atoms with Gasteiger partial charge in [-0.05, 0) is 0 Å². The van der Waals surface area contributed by atoms with Gasteiger partial charge in [-0.2, -0.15) is 8.42 Å². The van der Waals surface area contributed by atoms with Crippen LogP contribution >= 0.6 is 0 Å². The summed E-state index contributed by atoms with van der Waals surface area (Å²) >= 11 is 0. The normalized spacial score (nSPS) is 16.6. The van der Waals surface area contributed by atoms with Gasteiger partial charge in [0.2, 0.25) is 5.72 Å². The summed E-state index contributed by atoms with van der Waals surface area (Å²) in [6.07, 6.45) is 0. The average Bonchev–Trinajstić information content (AvgIpc) is 1.83. The van der Waals surface area contributed by atoms with Crippen LogP contribution in [0.5, 0.6) is 0 Å². The van der Waals surface area contributed by atoms with Crippen molar-refractivity contribution < 1.29 is 22.9 Å². The van der Waals surface area contributed by atoms with Crippen LogP contribution in [0, 0.1) is 0 Å². The molecule has 0 fully saturated rings. The minimum atomic E-state index is -4.78. The Hall–Kier alpha value is -0.960. The number of hydrogen-bond donors (Lipinski definition) is 4. The van der Waals surface area contributed by atoms with Crippen LogP contribution in [0.25, 0.3) is 0 Å². The van der Waals surface area contributed by atoms with Gasteiger partial charge in [0.25, 0.3) is 16.0 Å². The summed E-state index contributed by atoms with van der Waals surface area (Å²) in [5.74, 6) is -1.52. The summed E-state index contributed by atoms with van der Waals surface area (Å²) in [6.45, 7) is 2.71. The van der Waals surface area contributed by atoms with Crippen LogP contribution in [-0.2, 0) is 14.9 Å². The van der Waals surface area contributed by atoms with Gasteiger partial charge in [-0.25, -0.2) is 0 Å². The van der Waals surface area contributed by atoms with Crippen LogP contribution < -0.4 is 11.5 Å². The lowest BCUT2D eigenvalue weighted by Gasteiger charge is -2.18. The van der Waals surface area contributed by atoms with E-state index in [9.17, 15) is 13.2 Å². The fourth-order valence-corrected chi connectivity index (χ4v) is 0.828. The standard InChI is InChI=1S/C4H8N2O5S/c1-2(12(9,10)11)4(6,8)3(5)7/h8H,1,6H2,(H2,5,7)(H,9,10,11)/t4-/m1/s1. The quantitative estimate of drug-likeness (QED) is 0.290. The van der Waals surface area contributed by atoms with Crippen molar-refractivity contribution in [3.05, 3.63) is 11.5 Å². The highest BCUT2D eigenvalue weighted by Gasteiger charge is 2.39. The monoisotopic (exact) mass is 196 g/mol. The molecule has 70 valence electrons. The van der Waals surface area contributed by atoms with E-state index in [1.807, 2.05) is 0 Å². The van der Waals surface area contributed by atoms with E-state index in [-0.39, 0.29) is 0 Å². The van der Waals surface area contributed by atoms with Crippen molar-refractivity contribution in [1.82, 2.24) is 0 Å². The van der Waals surface area contributed by atoms with Crippen LogP contribution in [0.2, 0.25) is 0 Å². The predicted molar refractivity (Wildman–Crippen MR) is 39.0 cm³/mol. The zero-order valence-electron chi connectivity index (χ0n) is 5.89. The first-order chi connectivity index (χ1) is 5.10. The minimum absolute atomic E-state index is 1.26. The molecule has 0 heterocycles. The van der Waals surface area contributed by atoms with Crippen molar-refractivity contribution in [2.75, 3.05) is 0 Å². The van der Waals surface area contributed by atoms with Crippen molar-refractivity contribution in [2.45, 2.75) is 5.72 Å². The molecular weight excluding hydrogens is 188 g/mol. The average molecular weight is 196 g/mol. The Balaban J connectivity index is 5.10. The number of carbonyl (C=O) groups is 1. The minimum Gasteiger partial charge on any atom is -0.366 e. The Morgan fingerprint density at radius 1 is 1.50 bits per heavy atom. The molecule has 0 aliphatic rings. The molecule has 0 radical (unpaired) electrons. The Kier molecular flexibility index (Phi) is 2.60.